The van der Waals surface area contributed by atoms with E-state index < -0.39 is 0 Å². The Hall–Kier alpha value is -1.22. The Morgan fingerprint density at radius 3 is 2.74 bits per heavy atom. The van der Waals surface area contributed by atoms with Crippen LogP contribution in [0.1, 0.15) is 20.8 Å². The van der Waals surface area contributed by atoms with E-state index in [1.54, 1.807) is 11.8 Å². The van der Waals surface area contributed by atoms with Crippen LogP contribution in [0.3, 0.4) is 0 Å². The Bertz CT molecular complexity index is 813. The Kier molecular flexibility index (Phi) is 5.47. The molecule has 4 nitrogen and oxygen atoms in total. The Morgan fingerprint density at radius 1 is 1.26 bits per heavy atom. The molecule has 3 aromatic rings. The van der Waals surface area contributed by atoms with Crippen molar-refractivity contribution in [2.45, 2.75) is 17.0 Å². The van der Waals surface area contributed by atoms with E-state index in [0.29, 0.717) is 10.0 Å². The number of carbonyl (C=O) groups is 1. The summed E-state index contributed by atoms with van der Waals surface area (Å²) in [5, 5.41) is 13.3. The van der Waals surface area contributed by atoms with Crippen molar-refractivity contribution in [2.24, 2.45) is 0 Å². The van der Waals surface area contributed by atoms with E-state index in [1.807, 2.05) is 11.4 Å². The molecule has 0 aliphatic carbocycles. The number of hydrogen-bond donors (Lipinski definition) is 1. The molecule has 0 fully saturated rings. The van der Waals surface area contributed by atoms with Gasteiger partial charge in [0.05, 0.1) is 0 Å². The molecular formula is C15H12BrN3OS3. The van der Waals surface area contributed by atoms with Crippen LogP contribution in [0.2, 0.25) is 0 Å². The van der Waals surface area contributed by atoms with Gasteiger partial charge in [0.1, 0.15) is 4.88 Å². The molecule has 0 aliphatic rings. The van der Waals surface area contributed by atoms with Gasteiger partial charge in [0.25, 0.3) is 5.91 Å². The molecule has 0 saturated carbocycles. The van der Waals surface area contributed by atoms with Crippen LogP contribution in [0.15, 0.2) is 44.5 Å². The van der Waals surface area contributed by atoms with Crippen LogP contribution < -0.4 is 5.32 Å². The highest BCUT2D eigenvalue weighted by Crippen LogP contribution is 2.29. The number of carbonyl (C=O) groups excluding carboxylic acids is 1. The van der Waals surface area contributed by atoms with Crippen LogP contribution in [-0.2, 0) is 5.75 Å². The Balaban J connectivity index is 1.58. The number of aromatic nitrogens is 2. The summed E-state index contributed by atoms with van der Waals surface area (Å²) in [5.74, 6) is 0.664. The van der Waals surface area contributed by atoms with E-state index in [9.17, 15) is 4.79 Å². The minimum atomic E-state index is -0.168. The third kappa shape index (κ3) is 4.41. The van der Waals surface area contributed by atoms with Crippen molar-refractivity contribution in [3.63, 3.8) is 0 Å². The summed E-state index contributed by atoms with van der Waals surface area (Å²) in [6, 6.07) is 10.3. The molecule has 0 bridgehead atoms. The zero-order valence-corrected chi connectivity index (χ0v) is 16.1. The molecule has 0 unspecified atom stereocenters. The largest absolute Gasteiger partial charge is 0.296 e. The summed E-state index contributed by atoms with van der Waals surface area (Å²) in [5.41, 5.74) is 2.49. The monoisotopic (exact) mass is 425 g/mol. The molecule has 0 aliphatic heterocycles. The van der Waals surface area contributed by atoms with Crippen LogP contribution in [0, 0.1) is 6.92 Å². The van der Waals surface area contributed by atoms with Gasteiger partial charge in [-0.15, -0.1) is 21.5 Å². The fourth-order valence-electron chi connectivity index (χ4n) is 1.76. The second-order valence-corrected chi connectivity index (χ2v) is 8.67. The first-order valence-electron chi connectivity index (χ1n) is 6.68. The number of rotatable bonds is 5. The first kappa shape index (κ1) is 16.6. The van der Waals surface area contributed by atoms with Crippen LogP contribution in [0.25, 0.3) is 0 Å². The van der Waals surface area contributed by atoms with Gasteiger partial charge >= 0.3 is 0 Å². The van der Waals surface area contributed by atoms with Crippen molar-refractivity contribution in [2.75, 3.05) is 5.32 Å². The predicted molar refractivity (Wildman–Crippen MR) is 101 cm³/mol. The summed E-state index contributed by atoms with van der Waals surface area (Å²) in [6.07, 6.45) is 0. The highest BCUT2D eigenvalue weighted by Gasteiger charge is 2.14. The zero-order chi connectivity index (χ0) is 16.2. The number of nitrogens with zero attached hydrogens (tertiary/aromatic N) is 2. The molecule has 1 amide bonds. The average molecular weight is 426 g/mol. The number of hydrogen-bond acceptors (Lipinski definition) is 6. The molecule has 0 radical (unpaired) electrons. The summed E-state index contributed by atoms with van der Waals surface area (Å²) in [6.45, 7) is 2.07. The smallest absolute Gasteiger partial charge is 0.268 e. The zero-order valence-electron chi connectivity index (χ0n) is 12.1. The first-order valence-corrected chi connectivity index (χ1v) is 10.2. The van der Waals surface area contributed by atoms with Crippen LogP contribution in [-0.4, -0.2) is 16.1 Å². The fourth-order valence-corrected chi connectivity index (χ4v) is 4.91. The highest BCUT2D eigenvalue weighted by atomic mass is 79.9. The van der Waals surface area contributed by atoms with Gasteiger partial charge in [0.2, 0.25) is 5.13 Å². The number of aryl methyl sites for hydroxylation is 1. The SMILES string of the molecule is Cc1ccc(CSc2nnc(NC(=O)c3sccc3Br)s2)cc1. The van der Waals surface area contributed by atoms with Crippen LogP contribution >= 0.6 is 50.4 Å². The lowest BCUT2D eigenvalue weighted by Crippen LogP contribution is -2.10. The quantitative estimate of drug-likeness (QED) is 0.449. The molecule has 23 heavy (non-hydrogen) atoms. The molecule has 3 rings (SSSR count). The van der Waals surface area contributed by atoms with Crippen molar-refractivity contribution in [3.8, 4) is 0 Å². The molecule has 0 spiro atoms. The van der Waals surface area contributed by atoms with E-state index in [2.05, 4.69) is 62.6 Å². The van der Waals surface area contributed by atoms with Gasteiger partial charge in [-0.1, -0.05) is 52.9 Å². The van der Waals surface area contributed by atoms with Crippen molar-refractivity contribution >= 4 is 61.4 Å². The van der Waals surface area contributed by atoms with E-state index >= 15 is 0 Å². The third-order valence-electron chi connectivity index (χ3n) is 2.93. The second-order valence-electron chi connectivity index (χ2n) is 4.70. The Labute approximate surface area is 154 Å². The van der Waals surface area contributed by atoms with Crippen LogP contribution in [0.4, 0.5) is 5.13 Å². The molecule has 2 aromatic heterocycles. The number of benzene rings is 1. The molecule has 0 saturated heterocycles. The normalized spacial score (nSPS) is 10.7. The number of nitrogens with one attached hydrogen (secondary N) is 1. The van der Waals surface area contributed by atoms with E-state index in [1.165, 1.54) is 33.8 Å². The van der Waals surface area contributed by atoms with Crippen molar-refractivity contribution in [1.29, 1.82) is 0 Å². The maximum absolute atomic E-state index is 12.1. The van der Waals surface area contributed by atoms with E-state index in [4.69, 9.17) is 0 Å². The molecule has 1 N–H and O–H groups in total. The van der Waals surface area contributed by atoms with Crippen molar-refractivity contribution in [1.82, 2.24) is 10.2 Å². The van der Waals surface area contributed by atoms with Gasteiger partial charge in [-0.2, -0.15) is 0 Å². The van der Waals surface area contributed by atoms with Crippen molar-refractivity contribution in [3.05, 3.63) is 56.2 Å². The Morgan fingerprint density at radius 2 is 2.04 bits per heavy atom. The summed E-state index contributed by atoms with van der Waals surface area (Å²) >= 11 is 7.74. The van der Waals surface area contributed by atoms with Gasteiger partial charge in [0, 0.05) is 10.2 Å². The molecular weight excluding hydrogens is 414 g/mol. The summed E-state index contributed by atoms with van der Waals surface area (Å²) < 4.78 is 1.63. The molecule has 1 aromatic carbocycles. The van der Waals surface area contributed by atoms with Crippen LogP contribution in [0.5, 0.6) is 0 Å². The lowest BCUT2D eigenvalue weighted by Gasteiger charge is -1.99. The van der Waals surface area contributed by atoms with Gasteiger partial charge in [0.15, 0.2) is 4.34 Å². The predicted octanol–water partition coefficient (Wildman–Crippen LogP) is 5.22. The first-order chi connectivity index (χ1) is 11.1. The maximum Gasteiger partial charge on any atom is 0.268 e. The average Bonchev–Trinajstić information content (AvgIpc) is 3.15. The number of amides is 1. The summed E-state index contributed by atoms with van der Waals surface area (Å²) in [7, 11) is 0. The lowest BCUT2D eigenvalue weighted by molar-refractivity contribution is 0.103. The molecule has 118 valence electrons. The number of anilines is 1. The summed E-state index contributed by atoms with van der Waals surface area (Å²) in [4.78, 5) is 12.8. The second kappa shape index (κ2) is 7.57. The topological polar surface area (TPSA) is 54.9 Å². The number of halogens is 1. The molecule has 2 heterocycles. The fraction of sp³-hybridized carbons (Fsp3) is 0.133. The maximum atomic E-state index is 12.1. The van der Waals surface area contributed by atoms with Gasteiger partial charge in [-0.3, -0.25) is 10.1 Å². The highest BCUT2D eigenvalue weighted by molar-refractivity contribution is 9.10. The van der Waals surface area contributed by atoms with Gasteiger partial charge in [-0.25, -0.2) is 0 Å². The third-order valence-corrected chi connectivity index (χ3v) is 6.81. The number of thiophene rings is 1. The number of thioether (sulfide) groups is 1. The standard InChI is InChI=1S/C15H12BrN3OS3/c1-9-2-4-10(5-3-9)8-22-15-19-18-14(23-15)17-13(20)12-11(16)6-7-21-12/h2-7H,8H2,1H3,(H,17,18,20). The van der Waals surface area contributed by atoms with E-state index in [0.717, 1.165) is 14.6 Å². The van der Waals surface area contributed by atoms with Gasteiger partial charge < -0.3 is 0 Å². The van der Waals surface area contributed by atoms with E-state index in [-0.39, 0.29) is 5.91 Å². The molecule has 8 heteroatoms. The minimum absolute atomic E-state index is 0.168. The molecule has 0 atom stereocenters. The van der Waals surface area contributed by atoms with Crippen molar-refractivity contribution < 1.29 is 4.79 Å². The van der Waals surface area contributed by atoms with Gasteiger partial charge in [-0.05, 0) is 39.9 Å². The minimum Gasteiger partial charge on any atom is -0.296 e. The lowest BCUT2D eigenvalue weighted by atomic mass is 10.2.